The maximum Gasteiger partial charge on any atom is 0.355 e. The number of carbonyl (C=O) groups excluding carboxylic acids is 4. The number of hydrogen-bond acceptors (Lipinski definition) is 12. The zero-order valence-corrected chi connectivity index (χ0v) is 22.4. The summed E-state index contributed by atoms with van der Waals surface area (Å²) in [6, 6.07) is 0. The van der Waals surface area contributed by atoms with E-state index < -0.39 is 46.4 Å². The molecule has 0 bridgehead atoms. The van der Waals surface area contributed by atoms with E-state index >= 15 is 0 Å². The third-order valence-electron chi connectivity index (χ3n) is 7.19. The highest BCUT2D eigenvalue weighted by atomic mass is 16.6. The summed E-state index contributed by atoms with van der Waals surface area (Å²) >= 11 is 0. The second kappa shape index (κ2) is 8.77. The molecule has 0 aliphatic carbocycles. The lowest BCUT2D eigenvalue weighted by molar-refractivity contribution is -0.256. The van der Waals surface area contributed by atoms with Gasteiger partial charge in [0.15, 0.2) is 11.4 Å². The Morgan fingerprint density at radius 2 is 0.833 bits per heavy atom. The molecule has 3 heterocycles. The molecule has 200 valence electrons. The standard InChI is InChI=1S/C24H34N2O10/c1-21(2)11-23(35-9)14(18(28)32-6)16(20(30)34-8)26-22(3,4)12-24(26,36-10)13(17(27)31-5)15(25(21)23)19(29)33-7/h11-12H2,1-10H3/b15-13-,16-14-. The summed E-state index contributed by atoms with van der Waals surface area (Å²) in [5.41, 5.74) is -5.92. The summed E-state index contributed by atoms with van der Waals surface area (Å²) in [6.07, 6.45) is 0.287. The fourth-order valence-corrected chi connectivity index (χ4v) is 6.07. The quantitative estimate of drug-likeness (QED) is 0.371. The predicted octanol–water partition coefficient (Wildman–Crippen LogP) is 0.854. The fraction of sp³-hybridized carbons (Fsp3) is 0.667. The topological polar surface area (TPSA) is 130 Å². The number of hydrogen-bond donors (Lipinski definition) is 0. The van der Waals surface area contributed by atoms with E-state index in [1.54, 1.807) is 27.7 Å². The van der Waals surface area contributed by atoms with Crippen LogP contribution < -0.4 is 0 Å². The van der Waals surface area contributed by atoms with Gasteiger partial charge in [-0.3, -0.25) is 0 Å². The first-order valence-corrected chi connectivity index (χ1v) is 11.2. The molecule has 0 aromatic heterocycles. The Morgan fingerprint density at radius 3 is 1.03 bits per heavy atom. The van der Waals surface area contributed by atoms with Crippen molar-refractivity contribution in [2.75, 3.05) is 42.7 Å². The molecule has 2 fully saturated rings. The Kier molecular flexibility index (Phi) is 6.69. The highest BCUT2D eigenvalue weighted by molar-refractivity contribution is 6.06. The number of methoxy groups -OCH3 is 6. The highest BCUT2D eigenvalue weighted by Crippen LogP contribution is 2.61. The van der Waals surface area contributed by atoms with Gasteiger partial charge in [0.1, 0.15) is 22.5 Å². The number of rotatable bonds is 6. The first-order valence-electron chi connectivity index (χ1n) is 11.2. The van der Waals surface area contributed by atoms with Gasteiger partial charge in [-0.15, -0.1) is 0 Å². The van der Waals surface area contributed by atoms with Crippen LogP contribution in [-0.2, 0) is 47.6 Å². The molecule has 2 unspecified atom stereocenters. The molecule has 3 aliphatic rings. The maximum absolute atomic E-state index is 13.4. The van der Waals surface area contributed by atoms with Crippen LogP contribution in [0, 0.1) is 0 Å². The summed E-state index contributed by atoms with van der Waals surface area (Å²) in [5, 5.41) is 0. The van der Waals surface area contributed by atoms with Crippen LogP contribution in [0.1, 0.15) is 40.5 Å². The molecule has 36 heavy (non-hydrogen) atoms. The van der Waals surface area contributed by atoms with Crippen molar-refractivity contribution < 1.29 is 47.6 Å². The fourth-order valence-electron chi connectivity index (χ4n) is 6.07. The van der Waals surface area contributed by atoms with Gasteiger partial charge in [0.2, 0.25) is 0 Å². The van der Waals surface area contributed by atoms with Crippen LogP contribution >= 0.6 is 0 Å². The molecule has 0 amide bonds. The smallest absolute Gasteiger partial charge is 0.355 e. The largest absolute Gasteiger partial charge is 0.465 e. The lowest BCUT2D eigenvalue weighted by Gasteiger charge is -2.69. The van der Waals surface area contributed by atoms with Crippen molar-refractivity contribution in [1.29, 1.82) is 0 Å². The van der Waals surface area contributed by atoms with E-state index in [0.717, 1.165) is 0 Å². The molecule has 0 saturated carbocycles. The molecular weight excluding hydrogens is 476 g/mol. The van der Waals surface area contributed by atoms with Crippen LogP contribution in [0.4, 0.5) is 0 Å². The van der Waals surface area contributed by atoms with Crippen LogP contribution in [0.25, 0.3) is 0 Å². The number of esters is 4. The normalized spacial score (nSPS) is 31.9. The summed E-state index contributed by atoms with van der Waals surface area (Å²) in [7, 11) is 7.34. The van der Waals surface area contributed by atoms with Gasteiger partial charge in [0.05, 0.1) is 28.4 Å². The van der Waals surface area contributed by atoms with Gasteiger partial charge < -0.3 is 38.2 Å². The summed E-state index contributed by atoms with van der Waals surface area (Å²) in [4.78, 5) is 56.6. The molecule has 0 spiro atoms. The maximum atomic E-state index is 13.4. The Labute approximate surface area is 210 Å². The van der Waals surface area contributed by atoms with E-state index in [2.05, 4.69) is 0 Å². The van der Waals surface area contributed by atoms with Crippen molar-refractivity contribution in [3.05, 3.63) is 22.5 Å². The van der Waals surface area contributed by atoms with E-state index in [4.69, 9.17) is 28.4 Å². The molecule has 12 heteroatoms. The summed E-state index contributed by atoms with van der Waals surface area (Å²) < 4.78 is 32.3. The third kappa shape index (κ3) is 3.34. The summed E-state index contributed by atoms with van der Waals surface area (Å²) in [6.45, 7) is 7.16. The van der Waals surface area contributed by atoms with Crippen LogP contribution in [0.2, 0.25) is 0 Å². The van der Waals surface area contributed by atoms with Gasteiger partial charge in [0, 0.05) is 38.1 Å². The van der Waals surface area contributed by atoms with Gasteiger partial charge in [-0.25, -0.2) is 19.2 Å². The van der Waals surface area contributed by atoms with Crippen LogP contribution in [0.15, 0.2) is 22.5 Å². The zero-order valence-electron chi connectivity index (χ0n) is 22.4. The van der Waals surface area contributed by atoms with Crippen LogP contribution in [0.5, 0.6) is 0 Å². The van der Waals surface area contributed by atoms with Crippen molar-refractivity contribution >= 4 is 23.9 Å². The van der Waals surface area contributed by atoms with Crippen molar-refractivity contribution in [3.63, 3.8) is 0 Å². The van der Waals surface area contributed by atoms with E-state index in [0.29, 0.717) is 0 Å². The second-order valence-electron chi connectivity index (χ2n) is 10.0. The van der Waals surface area contributed by atoms with Gasteiger partial charge >= 0.3 is 23.9 Å². The molecule has 0 radical (unpaired) electrons. The molecule has 12 nitrogen and oxygen atoms in total. The van der Waals surface area contributed by atoms with Gasteiger partial charge in [-0.2, -0.15) is 0 Å². The minimum atomic E-state index is -1.70. The molecule has 2 atom stereocenters. The zero-order chi connectivity index (χ0) is 27.4. The molecule has 3 rings (SSSR count). The molecule has 0 N–H and O–H groups in total. The summed E-state index contributed by atoms with van der Waals surface area (Å²) in [5.74, 6) is -3.51. The monoisotopic (exact) mass is 510 g/mol. The molecule has 3 aliphatic heterocycles. The Balaban J connectivity index is 2.66. The SMILES string of the molecule is COC(=O)/C1=C(\C(=O)OC)C2(OC)CC(C)(C)N2/C(C(=O)OC)=C(/C(=O)OC)C2(OC)CC(C)(C)N12. The van der Waals surface area contributed by atoms with Crippen molar-refractivity contribution in [2.45, 2.75) is 63.1 Å². The van der Waals surface area contributed by atoms with E-state index in [-0.39, 0.29) is 35.4 Å². The number of fused-ring (bicyclic) bond motifs is 2. The van der Waals surface area contributed by atoms with Gasteiger partial charge in [-0.1, -0.05) is 0 Å². The van der Waals surface area contributed by atoms with E-state index in [9.17, 15) is 19.2 Å². The van der Waals surface area contributed by atoms with Crippen molar-refractivity contribution in [2.24, 2.45) is 0 Å². The van der Waals surface area contributed by atoms with Crippen LogP contribution in [-0.4, -0.2) is 98.9 Å². The minimum absolute atomic E-state index is 0.143. The van der Waals surface area contributed by atoms with Gasteiger partial charge in [-0.05, 0) is 27.7 Å². The third-order valence-corrected chi connectivity index (χ3v) is 7.19. The molecule has 2 saturated heterocycles. The lowest BCUT2D eigenvalue weighted by atomic mass is 9.67. The second-order valence-corrected chi connectivity index (χ2v) is 10.0. The number of nitrogens with zero attached hydrogens (tertiary/aromatic N) is 2. The number of ether oxygens (including phenoxy) is 6. The van der Waals surface area contributed by atoms with Gasteiger partial charge in [0.25, 0.3) is 0 Å². The Bertz CT molecular complexity index is 991. The van der Waals surface area contributed by atoms with Crippen LogP contribution in [0.3, 0.4) is 0 Å². The Morgan fingerprint density at radius 1 is 0.556 bits per heavy atom. The number of carbonyl (C=O) groups is 4. The van der Waals surface area contributed by atoms with E-state index in [1.165, 1.54) is 52.5 Å². The Hall–Kier alpha value is -3.12. The molecular formula is C24H34N2O10. The average molecular weight is 511 g/mol. The highest BCUT2D eigenvalue weighted by Gasteiger charge is 2.72. The molecule has 0 aromatic rings. The first kappa shape index (κ1) is 27.5. The van der Waals surface area contributed by atoms with Crippen molar-refractivity contribution in [1.82, 2.24) is 9.80 Å². The molecule has 0 aromatic carbocycles. The average Bonchev–Trinajstić information content (AvgIpc) is 2.83. The predicted molar refractivity (Wildman–Crippen MR) is 123 cm³/mol. The van der Waals surface area contributed by atoms with E-state index in [1.807, 2.05) is 0 Å². The minimum Gasteiger partial charge on any atom is -0.465 e. The lowest BCUT2D eigenvalue weighted by Crippen LogP contribution is -2.80. The first-order chi connectivity index (χ1) is 16.7. The van der Waals surface area contributed by atoms with Crippen molar-refractivity contribution in [3.8, 4) is 0 Å².